The second-order valence-corrected chi connectivity index (χ2v) is 7.07. The molecule has 1 unspecified atom stereocenters. The molecule has 2 amide bonds. The topological polar surface area (TPSA) is 74.4 Å². The first-order valence-corrected chi connectivity index (χ1v) is 9.42. The first-order chi connectivity index (χ1) is 13.6. The van der Waals surface area contributed by atoms with Gasteiger partial charge in [0.15, 0.2) is 0 Å². The third-order valence-electron chi connectivity index (χ3n) is 5.25. The largest absolute Gasteiger partial charge is 0.497 e. The third-order valence-corrected chi connectivity index (χ3v) is 5.25. The molecule has 0 spiro atoms. The smallest absolute Gasteiger partial charge is 0.229 e. The molecule has 0 bridgehead atoms. The van der Waals surface area contributed by atoms with Crippen molar-refractivity contribution in [2.45, 2.75) is 12.8 Å². The summed E-state index contributed by atoms with van der Waals surface area (Å²) in [5.74, 6) is 0.434. The molecule has 1 saturated heterocycles. The Bertz CT molecular complexity index is 997. The van der Waals surface area contributed by atoms with E-state index in [4.69, 9.17) is 4.74 Å². The molecular formula is C22H23N3O3. The van der Waals surface area contributed by atoms with Gasteiger partial charge in [-0.3, -0.25) is 9.59 Å². The maximum atomic E-state index is 12.5. The molecule has 6 nitrogen and oxygen atoms in total. The normalized spacial score (nSPS) is 16.5. The van der Waals surface area contributed by atoms with Crippen LogP contribution in [-0.4, -0.2) is 41.9 Å². The van der Waals surface area contributed by atoms with Crippen LogP contribution in [0.1, 0.15) is 12.0 Å². The molecule has 1 aliphatic rings. The zero-order valence-electron chi connectivity index (χ0n) is 15.8. The van der Waals surface area contributed by atoms with Gasteiger partial charge < -0.3 is 19.9 Å². The third kappa shape index (κ3) is 3.71. The minimum Gasteiger partial charge on any atom is -0.497 e. The molecule has 0 saturated carbocycles. The molecule has 1 aliphatic heterocycles. The highest BCUT2D eigenvalue weighted by atomic mass is 16.5. The molecule has 2 aromatic carbocycles. The van der Waals surface area contributed by atoms with Crippen molar-refractivity contribution in [3.8, 4) is 5.75 Å². The number of aromatic amines is 1. The van der Waals surface area contributed by atoms with Crippen LogP contribution in [0.3, 0.4) is 0 Å². The summed E-state index contributed by atoms with van der Waals surface area (Å²) >= 11 is 0. The van der Waals surface area contributed by atoms with E-state index < -0.39 is 0 Å². The molecule has 144 valence electrons. The number of hydrogen-bond acceptors (Lipinski definition) is 3. The Hall–Kier alpha value is -3.28. The van der Waals surface area contributed by atoms with E-state index in [-0.39, 0.29) is 24.2 Å². The van der Waals surface area contributed by atoms with Gasteiger partial charge in [0.25, 0.3) is 0 Å². The van der Waals surface area contributed by atoms with Crippen molar-refractivity contribution in [1.82, 2.24) is 9.88 Å². The number of fused-ring (bicyclic) bond motifs is 1. The van der Waals surface area contributed by atoms with E-state index in [1.165, 1.54) is 0 Å². The first-order valence-electron chi connectivity index (χ1n) is 9.42. The van der Waals surface area contributed by atoms with Crippen molar-refractivity contribution in [3.63, 3.8) is 0 Å². The predicted molar refractivity (Wildman–Crippen MR) is 108 cm³/mol. The van der Waals surface area contributed by atoms with E-state index in [2.05, 4.69) is 10.3 Å². The van der Waals surface area contributed by atoms with Gasteiger partial charge in [-0.2, -0.15) is 0 Å². The Morgan fingerprint density at radius 1 is 1.25 bits per heavy atom. The lowest BCUT2D eigenvalue weighted by Crippen LogP contribution is -2.29. The van der Waals surface area contributed by atoms with E-state index in [0.29, 0.717) is 13.1 Å². The maximum absolute atomic E-state index is 12.5. The number of rotatable bonds is 6. The van der Waals surface area contributed by atoms with Crippen molar-refractivity contribution in [3.05, 3.63) is 60.3 Å². The molecule has 2 heterocycles. The highest BCUT2D eigenvalue weighted by molar-refractivity contribution is 5.97. The number of ether oxygens (including phenoxy) is 1. The van der Waals surface area contributed by atoms with Gasteiger partial charge in [0.2, 0.25) is 11.8 Å². The molecule has 1 fully saturated rings. The van der Waals surface area contributed by atoms with Gasteiger partial charge in [0, 0.05) is 42.3 Å². The summed E-state index contributed by atoms with van der Waals surface area (Å²) < 4.78 is 5.31. The fourth-order valence-corrected chi connectivity index (χ4v) is 3.68. The van der Waals surface area contributed by atoms with Crippen molar-refractivity contribution in [2.24, 2.45) is 5.92 Å². The second-order valence-electron chi connectivity index (χ2n) is 7.07. The summed E-state index contributed by atoms with van der Waals surface area (Å²) in [5, 5.41) is 4.00. The SMILES string of the molecule is COc1ccc2[nH]cc(CCN3CC(C(=O)Nc4ccccc4)CC3=O)c2c1. The molecule has 1 aromatic heterocycles. The van der Waals surface area contributed by atoms with Gasteiger partial charge in [-0.15, -0.1) is 0 Å². The zero-order chi connectivity index (χ0) is 19.5. The molecule has 4 rings (SSSR count). The summed E-state index contributed by atoms with van der Waals surface area (Å²) in [7, 11) is 1.65. The molecule has 28 heavy (non-hydrogen) atoms. The summed E-state index contributed by atoms with van der Waals surface area (Å²) in [6.45, 7) is 1.06. The van der Waals surface area contributed by atoms with Gasteiger partial charge in [-0.1, -0.05) is 18.2 Å². The van der Waals surface area contributed by atoms with Crippen molar-refractivity contribution in [1.29, 1.82) is 0 Å². The summed E-state index contributed by atoms with van der Waals surface area (Å²) in [6, 6.07) is 15.2. The number of benzene rings is 2. The van der Waals surface area contributed by atoms with Crippen LogP contribution < -0.4 is 10.1 Å². The highest BCUT2D eigenvalue weighted by Gasteiger charge is 2.34. The average molecular weight is 377 g/mol. The Balaban J connectivity index is 1.38. The van der Waals surface area contributed by atoms with E-state index in [9.17, 15) is 9.59 Å². The van der Waals surface area contributed by atoms with Gasteiger partial charge in [0.05, 0.1) is 13.0 Å². The highest BCUT2D eigenvalue weighted by Crippen LogP contribution is 2.25. The molecular weight excluding hydrogens is 354 g/mol. The number of hydrogen-bond donors (Lipinski definition) is 2. The molecule has 0 radical (unpaired) electrons. The quantitative estimate of drug-likeness (QED) is 0.693. The number of H-pyrrole nitrogens is 1. The number of carbonyl (C=O) groups excluding carboxylic acids is 2. The lowest BCUT2D eigenvalue weighted by Gasteiger charge is -2.16. The summed E-state index contributed by atoms with van der Waals surface area (Å²) in [6.07, 6.45) is 2.97. The summed E-state index contributed by atoms with van der Waals surface area (Å²) in [4.78, 5) is 29.9. The van der Waals surface area contributed by atoms with Gasteiger partial charge in [-0.05, 0) is 42.3 Å². The minimum absolute atomic E-state index is 0.0330. The number of aromatic nitrogens is 1. The van der Waals surface area contributed by atoms with Crippen molar-refractivity contribution >= 4 is 28.4 Å². The summed E-state index contributed by atoms with van der Waals surface area (Å²) in [5.41, 5.74) is 2.94. The number of nitrogens with one attached hydrogen (secondary N) is 2. The van der Waals surface area contributed by atoms with Gasteiger partial charge in [0.1, 0.15) is 5.75 Å². The van der Waals surface area contributed by atoms with Crippen LogP contribution in [0.2, 0.25) is 0 Å². The second kappa shape index (κ2) is 7.76. The molecule has 3 aromatic rings. The van der Waals surface area contributed by atoms with Gasteiger partial charge >= 0.3 is 0 Å². The molecule has 0 aliphatic carbocycles. The average Bonchev–Trinajstić information content (AvgIpc) is 3.29. The first kappa shape index (κ1) is 18.1. The number of nitrogens with zero attached hydrogens (tertiary/aromatic N) is 1. The monoisotopic (exact) mass is 377 g/mol. The van der Waals surface area contributed by atoms with Gasteiger partial charge in [-0.25, -0.2) is 0 Å². The van der Waals surface area contributed by atoms with Crippen LogP contribution in [0.15, 0.2) is 54.7 Å². The number of amides is 2. The lowest BCUT2D eigenvalue weighted by atomic mass is 10.1. The zero-order valence-corrected chi connectivity index (χ0v) is 15.8. The number of likely N-dealkylation sites (tertiary alicyclic amines) is 1. The number of carbonyl (C=O) groups is 2. The van der Waals surface area contributed by atoms with Crippen LogP contribution in [0.25, 0.3) is 10.9 Å². The van der Waals surface area contributed by atoms with E-state index >= 15 is 0 Å². The number of methoxy groups -OCH3 is 1. The molecule has 6 heteroatoms. The number of anilines is 1. The number of para-hydroxylation sites is 1. The van der Waals surface area contributed by atoms with Crippen molar-refractivity contribution < 1.29 is 14.3 Å². The predicted octanol–water partition coefficient (Wildman–Crippen LogP) is 3.21. The van der Waals surface area contributed by atoms with Crippen LogP contribution in [0.4, 0.5) is 5.69 Å². The molecule has 1 atom stereocenters. The van der Waals surface area contributed by atoms with E-state index in [1.807, 2.05) is 54.7 Å². The fourth-order valence-electron chi connectivity index (χ4n) is 3.68. The van der Waals surface area contributed by atoms with Crippen LogP contribution in [-0.2, 0) is 16.0 Å². The Morgan fingerprint density at radius 2 is 2.07 bits per heavy atom. The Labute approximate surface area is 163 Å². The minimum atomic E-state index is -0.309. The Kier molecular flexibility index (Phi) is 5.02. The maximum Gasteiger partial charge on any atom is 0.229 e. The molecule has 2 N–H and O–H groups in total. The van der Waals surface area contributed by atoms with Crippen LogP contribution in [0, 0.1) is 5.92 Å². The van der Waals surface area contributed by atoms with Crippen molar-refractivity contribution in [2.75, 3.05) is 25.5 Å². The Morgan fingerprint density at radius 3 is 2.86 bits per heavy atom. The van der Waals surface area contributed by atoms with Crippen LogP contribution >= 0.6 is 0 Å². The fraction of sp³-hybridized carbons (Fsp3) is 0.273. The van der Waals surface area contributed by atoms with Crippen LogP contribution in [0.5, 0.6) is 5.75 Å². The van der Waals surface area contributed by atoms with E-state index in [1.54, 1.807) is 12.0 Å². The lowest BCUT2D eigenvalue weighted by molar-refractivity contribution is -0.128. The van der Waals surface area contributed by atoms with E-state index in [0.717, 1.165) is 34.3 Å². The standard InChI is InChI=1S/C22H23N3O3/c1-28-18-7-8-20-19(12-18)15(13-23-20)9-10-25-14-16(11-21(25)26)22(27)24-17-5-3-2-4-6-17/h2-8,12-13,16,23H,9-11,14H2,1H3,(H,24,27).